The Hall–Kier alpha value is -2.58. The molecular weight excluding hydrogens is 456 g/mol. The summed E-state index contributed by atoms with van der Waals surface area (Å²) in [5.41, 5.74) is 2.93. The summed E-state index contributed by atoms with van der Waals surface area (Å²) in [6, 6.07) is 12.2. The minimum absolute atomic E-state index is 0.0114. The molecule has 0 spiro atoms. The van der Waals surface area contributed by atoms with Gasteiger partial charge in [0.25, 0.3) is 11.8 Å². The molecule has 0 bridgehead atoms. The molecule has 0 aromatic heterocycles. The molecule has 1 aliphatic rings. The van der Waals surface area contributed by atoms with Gasteiger partial charge in [-0.15, -0.1) is 0 Å². The fraction of sp³-hybridized carbons (Fsp3) is 0.190. The van der Waals surface area contributed by atoms with Crippen LogP contribution in [-0.2, 0) is 31.8 Å². The molecule has 6 nitrogen and oxygen atoms in total. The van der Waals surface area contributed by atoms with E-state index >= 15 is 0 Å². The molecule has 2 aromatic carbocycles. The van der Waals surface area contributed by atoms with Crippen LogP contribution >= 0.6 is 15.9 Å². The average Bonchev–Trinajstić information content (AvgIpc) is 3.01. The SMILES string of the molecule is CC(C)c1ccc(CC(=O)C(=O)Nc2ccc(C3=CC(=O)NS3=O)cc2)c(Br)c1. The maximum atomic E-state index is 12.3. The molecule has 0 fully saturated rings. The average molecular weight is 475 g/mol. The van der Waals surface area contributed by atoms with Gasteiger partial charge >= 0.3 is 0 Å². The minimum atomic E-state index is -1.58. The number of anilines is 1. The molecule has 8 heteroatoms. The maximum Gasteiger partial charge on any atom is 0.292 e. The summed E-state index contributed by atoms with van der Waals surface area (Å²) in [6.45, 7) is 4.17. The van der Waals surface area contributed by atoms with Crippen LogP contribution in [0.1, 0.15) is 36.5 Å². The van der Waals surface area contributed by atoms with Gasteiger partial charge in [0.05, 0.1) is 4.91 Å². The van der Waals surface area contributed by atoms with E-state index in [1.807, 2.05) is 18.2 Å². The number of amides is 2. The molecule has 0 aliphatic carbocycles. The second-order valence-corrected chi connectivity index (χ2v) is 8.92. The molecule has 150 valence electrons. The van der Waals surface area contributed by atoms with Crippen molar-refractivity contribution in [3.63, 3.8) is 0 Å². The third-order valence-electron chi connectivity index (χ3n) is 4.43. The molecule has 0 radical (unpaired) electrons. The number of ketones is 1. The van der Waals surface area contributed by atoms with E-state index in [-0.39, 0.29) is 6.42 Å². The number of rotatable bonds is 6. The van der Waals surface area contributed by atoms with Crippen LogP contribution in [0.2, 0.25) is 0 Å². The van der Waals surface area contributed by atoms with E-state index in [0.29, 0.717) is 22.1 Å². The van der Waals surface area contributed by atoms with Crippen LogP contribution in [0.25, 0.3) is 4.91 Å². The van der Waals surface area contributed by atoms with E-state index in [1.165, 1.54) is 6.08 Å². The lowest BCUT2D eigenvalue weighted by atomic mass is 10.00. The maximum absolute atomic E-state index is 12.3. The zero-order valence-electron chi connectivity index (χ0n) is 15.8. The highest BCUT2D eigenvalue weighted by molar-refractivity contribution is 9.10. The van der Waals surface area contributed by atoms with E-state index < -0.39 is 28.6 Å². The molecule has 1 heterocycles. The van der Waals surface area contributed by atoms with Gasteiger partial charge in [-0.25, -0.2) is 4.21 Å². The lowest BCUT2D eigenvalue weighted by Gasteiger charge is -2.10. The fourth-order valence-corrected chi connectivity index (χ4v) is 4.23. The van der Waals surface area contributed by atoms with E-state index in [1.54, 1.807) is 24.3 Å². The fourth-order valence-electron chi connectivity index (χ4n) is 2.78. The Morgan fingerprint density at radius 3 is 2.38 bits per heavy atom. The van der Waals surface area contributed by atoms with Crippen LogP contribution in [-0.4, -0.2) is 21.8 Å². The highest BCUT2D eigenvalue weighted by Gasteiger charge is 2.21. The smallest absolute Gasteiger partial charge is 0.292 e. The summed E-state index contributed by atoms with van der Waals surface area (Å²) in [6.07, 6.45) is 1.26. The lowest BCUT2D eigenvalue weighted by molar-refractivity contribution is -0.134. The van der Waals surface area contributed by atoms with Crippen molar-refractivity contribution in [1.29, 1.82) is 0 Å². The Labute approximate surface area is 179 Å². The molecule has 1 aliphatic heterocycles. The van der Waals surface area contributed by atoms with Gasteiger partial charge in [-0.1, -0.05) is 54.0 Å². The van der Waals surface area contributed by atoms with E-state index in [9.17, 15) is 18.6 Å². The molecule has 0 saturated heterocycles. The quantitative estimate of drug-likeness (QED) is 0.626. The number of benzene rings is 2. The number of carbonyl (C=O) groups excluding carboxylic acids is 3. The Morgan fingerprint density at radius 2 is 1.83 bits per heavy atom. The van der Waals surface area contributed by atoms with Gasteiger partial charge in [-0.2, -0.15) is 0 Å². The molecule has 0 saturated carbocycles. The summed E-state index contributed by atoms with van der Waals surface area (Å²) < 4.78 is 14.9. The van der Waals surface area contributed by atoms with Crippen LogP contribution < -0.4 is 10.0 Å². The van der Waals surface area contributed by atoms with Crippen LogP contribution in [0, 0.1) is 0 Å². The van der Waals surface area contributed by atoms with Crippen molar-refractivity contribution in [2.45, 2.75) is 26.2 Å². The third kappa shape index (κ3) is 5.07. The van der Waals surface area contributed by atoms with Crippen molar-refractivity contribution >= 4 is 55.1 Å². The van der Waals surface area contributed by atoms with Crippen LogP contribution in [0.15, 0.2) is 53.0 Å². The first-order chi connectivity index (χ1) is 13.7. The molecular formula is C21H19BrN2O4S. The van der Waals surface area contributed by atoms with E-state index in [4.69, 9.17) is 0 Å². The predicted octanol–water partition coefficient (Wildman–Crippen LogP) is 3.46. The summed E-state index contributed by atoms with van der Waals surface area (Å²) in [5.74, 6) is -1.30. The lowest BCUT2D eigenvalue weighted by Crippen LogP contribution is -2.24. The number of halogens is 1. The summed E-state index contributed by atoms with van der Waals surface area (Å²) in [4.78, 5) is 36.2. The third-order valence-corrected chi connectivity index (χ3v) is 6.31. The number of Topliss-reactive ketones (excluding diaryl/α,β-unsaturated/α-hetero) is 1. The molecule has 29 heavy (non-hydrogen) atoms. The zero-order valence-corrected chi connectivity index (χ0v) is 18.2. The van der Waals surface area contributed by atoms with Crippen molar-refractivity contribution in [3.05, 3.63) is 69.7 Å². The normalized spacial score (nSPS) is 15.8. The second-order valence-electron chi connectivity index (χ2n) is 6.88. The van der Waals surface area contributed by atoms with Gasteiger partial charge in [0.2, 0.25) is 5.78 Å². The summed E-state index contributed by atoms with van der Waals surface area (Å²) in [7, 11) is -1.58. The summed E-state index contributed by atoms with van der Waals surface area (Å²) in [5, 5.41) is 2.57. The predicted molar refractivity (Wildman–Crippen MR) is 116 cm³/mol. The van der Waals surface area contributed by atoms with Crippen molar-refractivity contribution in [3.8, 4) is 0 Å². The largest absolute Gasteiger partial charge is 0.319 e. The zero-order chi connectivity index (χ0) is 21.1. The van der Waals surface area contributed by atoms with Gasteiger partial charge in [-0.05, 0) is 40.8 Å². The first-order valence-electron chi connectivity index (χ1n) is 8.91. The molecule has 2 aromatic rings. The molecule has 3 rings (SSSR count). The first-order valence-corrected chi connectivity index (χ1v) is 10.9. The van der Waals surface area contributed by atoms with E-state index in [0.717, 1.165) is 15.6 Å². The molecule has 1 atom stereocenters. The molecule has 2 N–H and O–H groups in total. The number of hydrogen-bond acceptors (Lipinski definition) is 4. The van der Waals surface area contributed by atoms with Crippen LogP contribution in [0.5, 0.6) is 0 Å². The molecule has 2 amide bonds. The van der Waals surface area contributed by atoms with Gasteiger partial charge < -0.3 is 5.32 Å². The van der Waals surface area contributed by atoms with Crippen LogP contribution in [0.4, 0.5) is 5.69 Å². The minimum Gasteiger partial charge on any atom is -0.319 e. The van der Waals surface area contributed by atoms with Gasteiger partial charge in [0, 0.05) is 22.7 Å². The van der Waals surface area contributed by atoms with Crippen molar-refractivity contribution in [2.24, 2.45) is 0 Å². The molecule has 1 unspecified atom stereocenters. The van der Waals surface area contributed by atoms with Crippen molar-refractivity contribution in [2.75, 3.05) is 5.32 Å². The van der Waals surface area contributed by atoms with Crippen molar-refractivity contribution < 1.29 is 18.6 Å². The monoisotopic (exact) mass is 474 g/mol. The van der Waals surface area contributed by atoms with Crippen molar-refractivity contribution in [1.82, 2.24) is 4.72 Å². The Kier molecular flexibility index (Phi) is 6.44. The van der Waals surface area contributed by atoms with Crippen LogP contribution in [0.3, 0.4) is 0 Å². The Balaban J connectivity index is 1.64. The van der Waals surface area contributed by atoms with E-state index in [2.05, 4.69) is 39.8 Å². The highest BCUT2D eigenvalue weighted by atomic mass is 79.9. The number of hydrogen-bond donors (Lipinski definition) is 2. The first kappa shape index (κ1) is 21.1. The second kappa shape index (κ2) is 8.84. The Morgan fingerprint density at radius 1 is 1.14 bits per heavy atom. The van der Waals surface area contributed by atoms with Gasteiger partial charge in [0.15, 0.2) is 11.0 Å². The van der Waals surface area contributed by atoms with Gasteiger partial charge in [0.1, 0.15) is 0 Å². The topological polar surface area (TPSA) is 92.3 Å². The van der Waals surface area contributed by atoms with Gasteiger partial charge in [-0.3, -0.25) is 19.1 Å². The summed E-state index contributed by atoms with van der Waals surface area (Å²) >= 11 is 3.47. The number of carbonyl (C=O) groups is 3. The standard InChI is InChI=1S/C21H19BrN2O4S/c1-12(2)14-3-4-15(17(22)9-14)10-18(25)21(27)23-16-7-5-13(6-8-16)19-11-20(26)24-29(19)28/h3-9,11-12H,10H2,1-2H3,(H,23,27)(H,24,26). The Bertz CT molecular complexity index is 1050. The highest BCUT2D eigenvalue weighted by Crippen LogP contribution is 2.25. The number of nitrogens with one attached hydrogen (secondary N) is 2.